The van der Waals surface area contributed by atoms with E-state index in [-0.39, 0.29) is 17.5 Å². The van der Waals surface area contributed by atoms with Crippen LogP contribution in [0.5, 0.6) is 0 Å². The summed E-state index contributed by atoms with van der Waals surface area (Å²) in [4.78, 5) is 12.5. The lowest BCUT2D eigenvalue weighted by atomic mass is 9.97. The van der Waals surface area contributed by atoms with Crippen molar-refractivity contribution in [3.05, 3.63) is 59.7 Å². The third-order valence-corrected chi connectivity index (χ3v) is 4.64. The molecule has 1 fully saturated rings. The van der Waals surface area contributed by atoms with Gasteiger partial charge in [0.2, 0.25) is 5.91 Å². The van der Waals surface area contributed by atoms with Crippen molar-refractivity contribution in [2.45, 2.75) is 25.6 Å². The predicted molar refractivity (Wildman–Crippen MR) is 99.4 cm³/mol. The van der Waals surface area contributed by atoms with Gasteiger partial charge in [-0.1, -0.05) is 30.3 Å². The van der Waals surface area contributed by atoms with Crippen molar-refractivity contribution in [2.24, 2.45) is 5.92 Å². The first-order valence-corrected chi connectivity index (χ1v) is 8.94. The first kappa shape index (κ1) is 19.2. The van der Waals surface area contributed by atoms with E-state index in [0.29, 0.717) is 25.1 Å². The first-order valence-electron chi connectivity index (χ1n) is 8.94. The fourth-order valence-electron chi connectivity index (χ4n) is 3.09. The molecule has 1 saturated heterocycles. The van der Waals surface area contributed by atoms with E-state index in [1.807, 2.05) is 30.3 Å². The van der Waals surface area contributed by atoms with Crippen LogP contribution in [0.3, 0.4) is 0 Å². The minimum Gasteiger partial charge on any atom is -0.379 e. The summed E-state index contributed by atoms with van der Waals surface area (Å²) in [7, 11) is 0. The van der Waals surface area contributed by atoms with Gasteiger partial charge in [0.1, 0.15) is 0 Å². The molecular weight excluding hydrogens is 355 g/mol. The number of alkyl halides is 3. The Kier molecular flexibility index (Phi) is 6.01. The van der Waals surface area contributed by atoms with Gasteiger partial charge in [0.15, 0.2) is 0 Å². The number of amides is 1. The molecule has 0 atom stereocenters. The third kappa shape index (κ3) is 5.23. The van der Waals surface area contributed by atoms with Gasteiger partial charge < -0.3 is 16.0 Å². The summed E-state index contributed by atoms with van der Waals surface area (Å²) in [6, 6.07) is 12.9. The largest absolute Gasteiger partial charge is 0.416 e. The van der Waals surface area contributed by atoms with Crippen LogP contribution in [-0.4, -0.2) is 19.0 Å². The molecule has 1 heterocycles. The normalized spacial score (nSPS) is 15.4. The Hall–Kier alpha value is -2.54. The lowest BCUT2D eigenvalue weighted by Gasteiger charge is -2.23. The summed E-state index contributed by atoms with van der Waals surface area (Å²) in [6.07, 6.45) is -3.11. The Labute approximate surface area is 156 Å². The topological polar surface area (TPSA) is 53.2 Å². The van der Waals surface area contributed by atoms with Crippen molar-refractivity contribution < 1.29 is 18.0 Å². The molecule has 0 aliphatic carbocycles. The molecule has 0 unspecified atom stereocenters. The van der Waals surface area contributed by atoms with Crippen LogP contribution in [0.1, 0.15) is 24.0 Å². The van der Waals surface area contributed by atoms with E-state index >= 15 is 0 Å². The molecule has 2 aromatic carbocycles. The van der Waals surface area contributed by atoms with Gasteiger partial charge in [-0.15, -0.1) is 0 Å². The summed E-state index contributed by atoms with van der Waals surface area (Å²) in [5, 5.41) is 8.99. The molecule has 7 heteroatoms. The molecule has 1 aliphatic heterocycles. The van der Waals surface area contributed by atoms with Gasteiger partial charge in [0, 0.05) is 12.5 Å². The fourth-order valence-corrected chi connectivity index (χ4v) is 3.09. The lowest BCUT2D eigenvalue weighted by Crippen LogP contribution is -2.34. The standard InChI is InChI=1S/C20H22F3N3O/c21-20(22,23)16-6-7-17(25-13-14-4-2-1-3-5-14)18(12-16)26-19(27)15-8-10-24-11-9-15/h1-7,12,15,24-25H,8-11,13H2,(H,26,27). The Bertz CT molecular complexity index is 772. The SMILES string of the molecule is O=C(Nc1cc(C(F)(F)F)ccc1NCc1ccccc1)C1CCNCC1. The van der Waals surface area contributed by atoms with Crippen molar-refractivity contribution >= 4 is 17.3 Å². The molecule has 0 bridgehead atoms. The molecule has 27 heavy (non-hydrogen) atoms. The average Bonchev–Trinajstić information content (AvgIpc) is 2.67. The molecule has 0 radical (unpaired) electrons. The maximum absolute atomic E-state index is 13.1. The first-order chi connectivity index (χ1) is 12.9. The van der Waals surface area contributed by atoms with Gasteiger partial charge >= 0.3 is 6.18 Å². The monoisotopic (exact) mass is 377 g/mol. The molecule has 0 spiro atoms. The van der Waals surface area contributed by atoms with Gasteiger partial charge in [0.05, 0.1) is 16.9 Å². The Morgan fingerprint density at radius 3 is 2.41 bits per heavy atom. The zero-order valence-corrected chi connectivity index (χ0v) is 14.8. The number of carbonyl (C=O) groups excluding carboxylic acids is 1. The second-order valence-electron chi connectivity index (χ2n) is 6.61. The molecule has 144 valence electrons. The lowest BCUT2D eigenvalue weighted by molar-refractivity contribution is -0.137. The highest BCUT2D eigenvalue weighted by Crippen LogP contribution is 2.34. The number of hydrogen-bond donors (Lipinski definition) is 3. The molecule has 3 N–H and O–H groups in total. The van der Waals surface area contributed by atoms with Crippen LogP contribution in [0.25, 0.3) is 0 Å². The third-order valence-electron chi connectivity index (χ3n) is 4.64. The number of piperidine rings is 1. The summed E-state index contributed by atoms with van der Waals surface area (Å²) in [5.74, 6) is -0.429. The van der Waals surface area contributed by atoms with E-state index in [4.69, 9.17) is 0 Å². The zero-order chi connectivity index (χ0) is 19.3. The molecule has 0 aromatic heterocycles. The van der Waals surface area contributed by atoms with E-state index in [1.165, 1.54) is 6.07 Å². The summed E-state index contributed by atoms with van der Waals surface area (Å²) in [6.45, 7) is 1.92. The molecule has 1 aliphatic rings. The zero-order valence-electron chi connectivity index (χ0n) is 14.8. The minimum absolute atomic E-state index is 0.157. The van der Waals surface area contributed by atoms with Crippen LogP contribution >= 0.6 is 0 Å². The number of halogens is 3. The molecule has 4 nitrogen and oxygen atoms in total. The van der Waals surface area contributed by atoms with Gasteiger partial charge in [-0.05, 0) is 49.7 Å². The maximum atomic E-state index is 13.1. The quantitative estimate of drug-likeness (QED) is 0.730. The molecule has 3 rings (SSSR count). The fraction of sp³-hybridized carbons (Fsp3) is 0.350. The maximum Gasteiger partial charge on any atom is 0.416 e. The van der Waals surface area contributed by atoms with Crippen LogP contribution in [0.2, 0.25) is 0 Å². The highest BCUT2D eigenvalue weighted by Gasteiger charge is 2.31. The molecule has 2 aromatic rings. The summed E-state index contributed by atoms with van der Waals surface area (Å²) < 4.78 is 39.3. The van der Waals surface area contributed by atoms with Crippen LogP contribution in [0, 0.1) is 5.92 Å². The minimum atomic E-state index is -4.47. The van der Waals surface area contributed by atoms with Crippen molar-refractivity contribution in [3.63, 3.8) is 0 Å². The average molecular weight is 377 g/mol. The molecular formula is C20H22F3N3O. The van der Waals surface area contributed by atoms with E-state index in [2.05, 4.69) is 16.0 Å². The number of anilines is 2. The van der Waals surface area contributed by atoms with Gasteiger partial charge in [-0.25, -0.2) is 0 Å². The second-order valence-corrected chi connectivity index (χ2v) is 6.61. The van der Waals surface area contributed by atoms with Crippen molar-refractivity contribution in [1.29, 1.82) is 0 Å². The van der Waals surface area contributed by atoms with E-state index in [0.717, 1.165) is 30.8 Å². The highest BCUT2D eigenvalue weighted by atomic mass is 19.4. The van der Waals surface area contributed by atoms with Crippen molar-refractivity contribution in [1.82, 2.24) is 5.32 Å². The van der Waals surface area contributed by atoms with Gasteiger partial charge in [-0.3, -0.25) is 4.79 Å². The van der Waals surface area contributed by atoms with E-state index < -0.39 is 11.7 Å². The summed E-state index contributed by atoms with van der Waals surface area (Å²) >= 11 is 0. The van der Waals surface area contributed by atoms with Crippen molar-refractivity contribution in [3.8, 4) is 0 Å². The van der Waals surface area contributed by atoms with Crippen LogP contribution in [0.15, 0.2) is 48.5 Å². The second kappa shape index (κ2) is 8.43. The van der Waals surface area contributed by atoms with Crippen molar-refractivity contribution in [2.75, 3.05) is 23.7 Å². The number of rotatable bonds is 5. The van der Waals surface area contributed by atoms with Crippen LogP contribution in [-0.2, 0) is 17.5 Å². The van der Waals surface area contributed by atoms with E-state index in [9.17, 15) is 18.0 Å². The predicted octanol–water partition coefficient (Wildman–Crippen LogP) is 4.26. The Balaban J connectivity index is 1.79. The van der Waals surface area contributed by atoms with Crippen LogP contribution < -0.4 is 16.0 Å². The number of nitrogens with one attached hydrogen (secondary N) is 3. The number of carbonyl (C=O) groups is 1. The van der Waals surface area contributed by atoms with Gasteiger partial charge in [0.25, 0.3) is 0 Å². The number of hydrogen-bond acceptors (Lipinski definition) is 3. The summed E-state index contributed by atoms with van der Waals surface area (Å²) in [5.41, 5.74) is 0.833. The van der Waals surface area contributed by atoms with E-state index in [1.54, 1.807) is 0 Å². The molecule has 1 amide bonds. The Morgan fingerprint density at radius 1 is 1.04 bits per heavy atom. The smallest absolute Gasteiger partial charge is 0.379 e. The van der Waals surface area contributed by atoms with Crippen LogP contribution in [0.4, 0.5) is 24.5 Å². The number of benzene rings is 2. The molecule has 0 saturated carbocycles. The highest BCUT2D eigenvalue weighted by molar-refractivity contribution is 5.96. The Morgan fingerprint density at radius 2 is 1.74 bits per heavy atom. The van der Waals surface area contributed by atoms with Gasteiger partial charge in [-0.2, -0.15) is 13.2 Å².